The van der Waals surface area contributed by atoms with Crippen molar-refractivity contribution in [3.05, 3.63) is 89.9 Å². The summed E-state index contributed by atoms with van der Waals surface area (Å²) < 4.78 is 5.79. The van der Waals surface area contributed by atoms with Crippen molar-refractivity contribution in [1.29, 1.82) is 0 Å². The highest BCUT2D eigenvalue weighted by molar-refractivity contribution is 5.79. The first-order valence-electron chi connectivity index (χ1n) is 9.37. The second-order valence-electron chi connectivity index (χ2n) is 6.15. The fourth-order valence-electron chi connectivity index (χ4n) is 2.55. The van der Waals surface area contributed by atoms with Crippen LogP contribution in [0.5, 0.6) is 5.88 Å². The van der Waals surface area contributed by atoms with Crippen LogP contribution in [0.1, 0.15) is 23.7 Å². The Bertz CT molecular complexity index is 868. The Morgan fingerprint density at radius 3 is 2.57 bits per heavy atom. The number of aliphatic imine (C=N–C) groups is 1. The molecule has 1 aromatic carbocycles. The Morgan fingerprint density at radius 2 is 1.79 bits per heavy atom. The summed E-state index contributed by atoms with van der Waals surface area (Å²) in [5.74, 6) is 1.35. The van der Waals surface area contributed by atoms with E-state index in [1.807, 2.05) is 67.6 Å². The molecule has 3 rings (SSSR count). The first-order chi connectivity index (χ1) is 13.8. The number of guanidine groups is 1. The number of rotatable bonds is 8. The van der Waals surface area contributed by atoms with Gasteiger partial charge < -0.3 is 15.4 Å². The van der Waals surface area contributed by atoms with E-state index in [2.05, 4.69) is 25.6 Å². The third-order valence-corrected chi connectivity index (χ3v) is 3.96. The Kier molecular flexibility index (Phi) is 7.37. The predicted octanol–water partition coefficient (Wildman–Crippen LogP) is 3.31. The topological polar surface area (TPSA) is 71.4 Å². The van der Waals surface area contributed by atoms with Gasteiger partial charge >= 0.3 is 0 Å². The lowest BCUT2D eigenvalue weighted by Crippen LogP contribution is -2.37. The van der Waals surface area contributed by atoms with E-state index in [9.17, 15) is 0 Å². The van der Waals surface area contributed by atoms with Crippen LogP contribution in [0.2, 0.25) is 0 Å². The number of pyridine rings is 2. The molecule has 3 aromatic rings. The number of nitrogens with zero attached hydrogens (tertiary/aromatic N) is 3. The normalized spacial score (nSPS) is 11.1. The number of benzene rings is 1. The molecule has 0 spiro atoms. The molecule has 2 aromatic heterocycles. The van der Waals surface area contributed by atoms with Gasteiger partial charge in [-0.1, -0.05) is 36.4 Å². The molecular weight excluding hydrogens is 350 g/mol. The summed E-state index contributed by atoms with van der Waals surface area (Å²) in [6.45, 7) is 4.47. The van der Waals surface area contributed by atoms with Gasteiger partial charge in [-0.05, 0) is 36.2 Å². The Labute approximate surface area is 165 Å². The highest BCUT2D eigenvalue weighted by Crippen LogP contribution is 2.12. The van der Waals surface area contributed by atoms with Gasteiger partial charge in [-0.15, -0.1) is 0 Å². The van der Waals surface area contributed by atoms with E-state index in [1.165, 1.54) is 0 Å². The molecule has 0 aliphatic heterocycles. The lowest BCUT2D eigenvalue weighted by atomic mass is 10.2. The van der Waals surface area contributed by atoms with E-state index in [0.29, 0.717) is 25.6 Å². The fourth-order valence-corrected chi connectivity index (χ4v) is 2.55. The molecule has 0 atom stereocenters. The van der Waals surface area contributed by atoms with Gasteiger partial charge in [0.25, 0.3) is 0 Å². The highest BCUT2D eigenvalue weighted by Gasteiger charge is 2.02. The lowest BCUT2D eigenvalue weighted by molar-refractivity contribution is 0.293. The van der Waals surface area contributed by atoms with Gasteiger partial charge in [-0.3, -0.25) is 4.98 Å². The molecule has 0 saturated carbocycles. The molecule has 0 saturated heterocycles. The average Bonchev–Trinajstić information content (AvgIpc) is 2.76. The zero-order valence-electron chi connectivity index (χ0n) is 16.0. The fraction of sp³-hybridized carbons (Fsp3) is 0.227. The van der Waals surface area contributed by atoms with Gasteiger partial charge in [-0.25, -0.2) is 9.98 Å². The van der Waals surface area contributed by atoms with Crippen molar-refractivity contribution in [2.45, 2.75) is 26.6 Å². The Morgan fingerprint density at radius 1 is 0.929 bits per heavy atom. The SMILES string of the molecule is CCNC(=NCc1ccnc(OCc2ccccc2)c1)NCc1ccccn1. The van der Waals surface area contributed by atoms with E-state index in [1.54, 1.807) is 12.4 Å². The molecule has 0 radical (unpaired) electrons. The molecule has 2 N–H and O–H groups in total. The Balaban J connectivity index is 1.57. The number of nitrogens with one attached hydrogen (secondary N) is 2. The van der Waals surface area contributed by atoms with Crippen molar-refractivity contribution in [2.75, 3.05) is 6.54 Å². The second-order valence-corrected chi connectivity index (χ2v) is 6.15. The monoisotopic (exact) mass is 375 g/mol. The van der Waals surface area contributed by atoms with Crippen molar-refractivity contribution >= 4 is 5.96 Å². The van der Waals surface area contributed by atoms with Crippen LogP contribution < -0.4 is 15.4 Å². The lowest BCUT2D eigenvalue weighted by Gasteiger charge is -2.11. The van der Waals surface area contributed by atoms with Crippen LogP contribution in [-0.2, 0) is 19.7 Å². The van der Waals surface area contributed by atoms with Gasteiger partial charge in [0, 0.05) is 25.0 Å². The van der Waals surface area contributed by atoms with Crippen LogP contribution in [0.25, 0.3) is 0 Å². The van der Waals surface area contributed by atoms with Crippen LogP contribution in [0.4, 0.5) is 0 Å². The molecule has 0 unspecified atom stereocenters. The maximum Gasteiger partial charge on any atom is 0.213 e. The minimum Gasteiger partial charge on any atom is -0.473 e. The van der Waals surface area contributed by atoms with Crippen LogP contribution >= 0.6 is 0 Å². The van der Waals surface area contributed by atoms with E-state index in [0.717, 1.165) is 29.3 Å². The van der Waals surface area contributed by atoms with E-state index in [-0.39, 0.29) is 0 Å². The van der Waals surface area contributed by atoms with E-state index >= 15 is 0 Å². The van der Waals surface area contributed by atoms with Crippen LogP contribution in [0, 0.1) is 0 Å². The summed E-state index contributed by atoms with van der Waals surface area (Å²) >= 11 is 0. The molecule has 0 amide bonds. The summed E-state index contributed by atoms with van der Waals surface area (Å²) in [5, 5.41) is 6.55. The number of aromatic nitrogens is 2. The van der Waals surface area contributed by atoms with Crippen molar-refractivity contribution in [1.82, 2.24) is 20.6 Å². The molecular formula is C22H25N5O. The summed E-state index contributed by atoms with van der Waals surface area (Å²) in [5.41, 5.74) is 3.11. The van der Waals surface area contributed by atoms with E-state index < -0.39 is 0 Å². The molecule has 0 bridgehead atoms. The smallest absolute Gasteiger partial charge is 0.213 e. The molecule has 6 nitrogen and oxygen atoms in total. The first kappa shape index (κ1) is 19.4. The molecule has 0 fully saturated rings. The maximum atomic E-state index is 5.79. The summed E-state index contributed by atoms with van der Waals surface area (Å²) in [6.07, 6.45) is 3.54. The minimum absolute atomic E-state index is 0.495. The standard InChI is InChI=1S/C22H25N5O/c1-2-23-22(27-16-20-10-6-7-12-24-20)26-15-19-11-13-25-21(14-19)28-17-18-8-4-3-5-9-18/h3-14H,2,15-17H2,1H3,(H2,23,26,27). The molecule has 0 aliphatic rings. The maximum absolute atomic E-state index is 5.79. The third kappa shape index (κ3) is 6.39. The quantitative estimate of drug-likeness (QED) is 0.467. The van der Waals surface area contributed by atoms with Crippen LogP contribution in [0.15, 0.2) is 78.0 Å². The third-order valence-electron chi connectivity index (χ3n) is 3.96. The van der Waals surface area contributed by atoms with Crippen molar-refractivity contribution in [3.63, 3.8) is 0 Å². The van der Waals surface area contributed by atoms with Gasteiger partial charge in [0.15, 0.2) is 5.96 Å². The molecule has 144 valence electrons. The number of ether oxygens (including phenoxy) is 1. The van der Waals surface area contributed by atoms with Crippen molar-refractivity contribution < 1.29 is 4.74 Å². The van der Waals surface area contributed by atoms with Gasteiger partial charge in [0.05, 0.1) is 18.8 Å². The first-order valence-corrected chi connectivity index (χ1v) is 9.37. The average molecular weight is 375 g/mol. The second kappa shape index (κ2) is 10.7. The van der Waals surface area contributed by atoms with Gasteiger partial charge in [0.2, 0.25) is 5.88 Å². The Hall–Kier alpha value is -3.41. The number of hydrogen-bond donors (Lipinski definition) is 2. The summed E-state index contributed by atoms with van der Waals surface area (Å²) in [6, 6.07) is 19.8. The molecule has 2 heterocycles. The van der Waals surface area contributed by atoms with Crippen molar-refractivity contribution in [3.8, 4) is 5.88 Å². The number of hydrogen-bond acceptors (Lipinski definition) is 4. The molecule has 0 aliphatic carbocycles. The van der Waals surface area contributed by atoms with Crippen molar-refractivity contribution in [2.24, 2.45) is 4.99 Å². The van der Waals surface area contributed by atoms with E-state index in [4.69, 9.17) is 4.74 Å². The van der Waals surface area contributed by atoms with Gasteiger partial charge in [-0.2, -0.15) is 0 Å². The molecule has 28 heavy (non-hydrogen) atoms. The summed E-state index contributed by atoms with van der Waals surface area (Å²) in [4.78, 5) is 13.2. The zero-order valence-corrected chi connectivity index (χ0v) is 16.0. The van der Waals surface area contributed by atoms with Gasteiger partial charge in [0.1, 0.15) is 6.61 Å². The zero-order chi connectivity index (χ0) is 19.4. The summed E-state index contributed by atoms with van der Waals surface area (Å²) in [7, 11) is 0. The largest absolute Gasteiger partial charge is 0.473 e. The van der Waals surface area contributed by atoms with Crippen LogP contribution in [0.3, 0.4) is 0 Å². The predicted molar refractivity (Wildman–Crippen MR) is 111 cm³/mol. The molecule has 6 heteroatoms. The van der Waals surface area contributed by atoms with Crippen LogP contribution in [-0.4, -0.2) is 22.5 Å². The minimum atomic E-state index is 0.495. The highest BCUT2D eigenvalue weighted by atomic mass is 16.5.